The molecule has 0 fully saturated rings. The normalized spacial score (nSPS) is 17.2. The molecule has 0 amide bonds. The smallest absolute Gasteiger partial charge is 0.145 e. The van der Waals surface area contributed by atoms with E-state index in [4.69, 9.17) is 0 Å². The third-order valence-electron chi connectivity index (χ3n) is 3.71. The Bertz CT molecular complexity index is 618. The van der Waals surface area contributed by atoms with Crippen LogP contribution in [0.4, 0.5) is 0 Å². The van der Waals surface area contributed by atoms with E-state index < -0.39 is 0 Å². The monoisotopic (exact) mass is 268 g/mol. The molecule has 0 saturated carbocycles. The minimum absolute atomic E-state index is 0.0702. The number of Topliss-reactive ketones (excluding diaryl/α,β-unsaturated/α-hetero) is 1. The zero-order chi connectivity index (χ0) is 13.2. The van der Waals surface area contributed by atoms with E-state index in [1.54, 1.807) is 11.8 Å². The molecule has 0 aromatic heterocycles. The van der Waals surface area contributed by atoms with Crippen molar-refractivity contribution in [2.45, 2.75) is 24.2 Å². The molecule has 1 aliphatic heterocycles. The summed E-state index contributed by atoms with van der Waals surface area (Å²) in [6.07, 6.45) is 0.548. The van der Waals surface area contributed by atoms with Gasteiger partial charge in [0.1, 0.15) is 5.78 Å². The fourth-order valence-electron chi connectivity index (χ4n) is 2.55. The minimum Gasteiger partial charge on any atom is -0.299 e. The van der Waals surface area contributed by atoms with Gasteiger partial charge >= 0.3 is 0 Å². The molecule has 0 spiro atoms. The maximum Gasteiger partial charge on any atom is 0.145 e. The molecule has 1 atom stereocenters. The van der Waals surface area contributed by atoms with Crippen LogP contribution < -0.4 is 0 Å². The van der Waals surface area contributed by atoms with Gasteiger partial charge in [0.15, 0.2) is 0 Å². The third-order valence-corrected chi connectivity index (χ3v) is 4.90. The number of hydrogen-bond acceptors (Lipinski definition) is 2. The zero-order valence-electron chi connectivity index (χ0n) is 10.9. The Hall–Kier alpha value is -1.54. The van der Waals surface area contributed by atoms with Crippen molar-refractivity contribution in [3.63, 3.8) is 0 Å². The highest BCUT2D eigenvalue weighted by atomic mass is 32.2. The van der Waals surface area contributed by atoms with E-state index in [1.807, 2.05) is 24.3 Å². The summed E-state index contributed by atoms with van der Waals surface area (Å²) in [6.45, 7) is 2.07. The lowest BCUT2D eigenvalue weighted by Gasteiger charge is -2.11. The molecule has 19 heavy (non-hydrogen) atoms. The maximum atomic E-state index is 12.5. The van der Waals surface area contributed by atoms with Crippen molar-refractivity contribution in [1.29, 1.82) is 0 Å². The summed E-state index contributed by atoms with van der Waals surface area (Å²) in [7, 11) is 0. The number of fused-ring (bicyclic) bond motifs is 1. The van der Waals surface area contributed by atoms with Crippen LogP contribution in [0.1, 0.15) is 22.6 Å². The van der Waals surface area contributed by atoms with Gasteiger partial charge in [-0.25, -0.2) is 0 Å². The van der Waals surface area contributed by atoms with Gasteiger partial charge in [0.05, 0.1) is 5.92 Å². The average molecular weight is 268 g/mol. The quantitative estimate of drug-likeness (QED) is 0.837. The fraction of sp³-hybridized carbons (Fsp3) is 0.235. The van der Waals surface area contributed by atoms with Crippen molar-refractivity contribution < 1.29 is 4.79 Å². The minimum atomic E-state index is 0.0702. The molecule has 1 heterocycles. The van der Waals surface area contributed by atoms with Gasteiger partial charge in [-0.2, -0.15) is 0 Å². The number of aryl methyl sites for hydroxylation is 1. The lowest BCUT2D eigenvalue weighted by atomic mass is 9.91. The molecule has 1 nitrogen and oxygen atoms in total. The number of benzene rings is 2. The Labute approximate surface area is 118 Å². The van der Waals surface area contributed by atoms with Gasteiger partial charge in [-0.3, -0.25) is 4.79 Å². The summed E-state index contributed by atoms with van der Waals surface area (Å²) >= 11 is 1.80. The van der Waals surface area contributed by atoms with Gasteiger partial charge in [-0.15, -0.1) is 11.8 Å². The van der Waals surface area contributed by atoms with Crippen LogP contribution in [-0.4, -0.2) is 11.5 Å². The Kier molecular flexibility index (Phi) is 3.43. The first-order valence-corrected chi connectivity index (χ1v) is 7.53. The van der Waals surface area contributed by atoms with E-state index in [9.17, 15) is 4.79 Å². The maximum absolute atomic E-state index is 12.5. The second kappa shape index (κ2) is 5.22. The van der Waals surface area contributed by atoms with Crippen LogP contribution in [0.25, 0.3) is 0 Å². The molecule has 1 unspecified atom stereocenters. The van der Waals surface area contributed by atoms with Crippen molar-refractivity contribution in [3.8, 4) is 0 Å². The number of ketones is 1. The predicted octanol–water partition coefficient (Wildman–Crippen LogP) is 4.00. The predicted molar refractivity (Wildman–Crippen MR) is 79.8 cm³/mol. The van der Waals surface area contributed by atoms with Crippen molar-refractivity contribution in [1.82, 2.24) is 0 Å². The Morgan fingerprint density at radius 1 is 1.16 bits per heavy atom. The summed E-state index contributed by atoms with van der Waals surface area (Å²) in [6, 6.07) is 16.4. The van der Waals surface area contributed by atoms with Crippen LogP contribution in [0.15, 0.2) is 53.4 Å². The van der Waals surface area contributed by atoms with E-state index in [0.29, 0.717) is 12.2 Å². The molecular formula is C17H16OS. The fourth-order valence-corrected chi connectivity index (χ4v) is 3.81. The number of thioether (sulfide) groups is 1. The number of hydrogen-bond donors (Lipinski definition) is 0. The number of carbonyl (C=O) groups is 1. The largest absolute Gasteiger partial charge is 0.299 e. The molecule has 3 rings (SSSR count). The summed E-state index contributed by atoms with van der Waals surface area (Å²) in [5.41, 5.74) is 3.57. The second-order valence-electron chi connectivity index (χ2n) is 4.97. The Morgan fingerprint density at radius 3 is 2.74 bits per heavy atom. The molecule has 0 aliphatic carbocycles. The second-order valence-corrected chi connectivity index (χ2v) is 6.03. The van der Waals surface area contributed by atoms with E-state index in [1.165, 1.54) is 16.0 Å². The highest BCUT2D eigenvalue weighted by molar-refractivity contribution is 7.99. The van der Waals surface area contributed by atoms with Crippen molar-refractivity contribution in [2.75, 3.05) is 5.75 Å². The van der Waals surface area contributed by atoms with Crippen LogP contribution in [0.3, 0.4) is 0 Å². The van der Waals surface area contributed by atoms with Gasteiger partial charge < -0.3 is 0 Å². The molecule has 0 radical (unpaired) electrons. The summed E-state index contributed by atoms with van der Waals surface area (Å²) in [5, 5.41) is 0. The van der Waals surface area contributed by atoms with Crippen molar-refractivity contribution >= 4 is 17.5 Å². The summed E-state index contributed by atoms with van der Waals surface area (Å²) in [5.74, 6) is 1.30. The summed E-state index contributed by atoms with van der Waals surface area (Å²) < 4.78 is 0. The molecule has 0 N–H and O–H groups in total. The van der Waals surface area contributed by atoms with Crippen LogP contribution in [0, 0.1) is 6.92 Å². The highest BCUT2D eigenvalue weighted by Crippen LogP contribution is 2.40. The van der Waals surface area contributed by atoms with Crippen molar-refractivity contribution in [2.24, 2.45) is 0 Å². The first-order chi connectivity index (χ1) is 9.25. The van der Waals surface area contributed by atoms with Crippen LogP contribution in [0.5, 0.6) is 0 Å². The molecule has 96 valence electrons. The SMILES string of the molecule is Cc1ccccc1CC(=O)C1CSc2ccccc21. The standard InChI is InChI=1S/C17H16OS/c1-12-6-2-3-7-13(12)10-16(18)15-11-19-17-9-5-4-8-14(15)17/h2-9,15H,10-11H2,1H3. The first kappa shape index (κ1) is 12.5. The number of carbonyl (C=O) groups excluding carboxylic acids is 1. The van der Waals surface area contributed by atoms with E-state index >= 15 is 0 Å². The molecular weight excluding hydrogens is 252 g/mol. The van der Waals surface area contributed by atoms with E-state index in [-0.39, 0.29) is 5.92 Å². The van der Waals surface area contributed by atoms with Gasteiger partial charge in [0.2, 0.25) is 0 Å². The number of rotatable bonds is 3. The zero-order valence-corrected chi connectivity index (χ0v) is 11.7. The van der Waals surface area contributed by atoms with Crippen molar-refractivity contribution in [3.05, 3.63) is 65.2 Å². The molecule has 0 saturated heterocycles. The molecule has 1 aliphatic rings. The van der Waals surface area contributed by atoms with Crippen LogP contribution >= 0.6 is 11.8 Å². The average Bonchev–Trinajstić information content (AvgIpc) is 2.85. The molecule has 2 aromatic rings. The first-order valence-electron chi connectivity index (χ1n) is 6.54. The highest BCUT2D eigenvalue weighted by Gasteiger charge is 2.28. The Morgan fingerprint density at radius 2 is 1.89 bits per heavy atom. The summed E-state index contributed by atoms with van der Waals surface area (Å²) in [4.78, 5) is 13.8. The van der Waals surface area contributed by atoms with Crippen LogP contribution in [0.2, 0.25) is 0 Å². The van der Waals surface area contributed by atoms with Gasteiger partial charge in [-0.05, 0) is 29.7 Å². The lowest BCUT2D eigenvalue weighted by Crippen LogP contribution is -2.15. The third kappa shape index (κ3) is 2.45. The molecule has 0 bridgehead atoms. The molecule has 2 heteroatoms. The van der Waals surface area contributed by atoms with Gasteiger partial charge in [-0.1, -0.05) is 42.5 Å². The van der Waals surface area contributed by atoms with Gasteiger partial charge in [0.25, 0.3) is 0 Å². The lowest BCUT2D eigenvalue weighted by molar-refractivity contribution is -0.119. The molecule has 2 aromatic carbocycles. The van der Waals surface area contributed by atoms with E-state index in [2.05, 4.69) is 31.2 Å². The Balaban J connectivity index is 1.81. The topological polar surface area (TPSA) is 17.1 Å². The van der Waals surface area contributed by atoms with Gasteiger partial charge in [0, 0.05) is 17.1 Å². The van der Waals surface area contributed by atoms with E-state index in [0.717, 1.165) is 11.3 Å². The van der Waals surface area contributed by atoms with Crippen LogP contribution in [-0.2, 0) is 11.2 Å².